The van der Waals surface area contributed by atoms with Gasteiger partial charge in [0, 0.05) is 40.6 Å². The number of carbonyl (C=O) groups is 1. The molecule has 21 heavy (non-hydrogen) atoms. The molecule has 1 aromatic carbocycles. The van der Waals surface area contributed by atoms with Crippen LogP contribution in [-0.4, -0.2) is 25.2 Å². The standard InChI is InChI=1S/C12H13N5O3S/c13-12(14)15-11(18)8-5-9(16-21(19)20)7-10(6-8)17-3-1-2-4-17/h1-7,16H,(H,19,20)(H4,13,14,15,18)/p-1. The van der Waals surface area contributed by atoms with Crippen LogP contribution in [0.3, 0.4) is 0 Å². The molecule has 0 fully saturated rings. The Morgan fingerprint density at radius 2 is 1.90 bits per heavy atom. The lowest BCUT2D eigenvalue weighted by molar-refractivity contribution is 0.100. The van der Waals surface area contributed by atoms with Gasteiger partial charge < -0.3 is 25.3 Å². The molecule has 2 aromatic rings. The maximum atomic E-state index is 11.9. The Hall–Kier alpha value is -2.65. The molecule has 0 saturated carbocycles. The van der Waals surface area contributed by atoms with E-state index >= 15 is 0 Å². The van der Waals surface area contributed by atoms with Crippen LogP contribution in [0.1, 0.15) is 10.4 Å². The predicted octanol–water partition coefficient (Wildman–Crippen LogP) is 0.0969. The average Bonchev–Trinajstić information content (AvgIpc) is 2.90. The van der Waals surface area contributed by atoms with Gasteiger partial charge in [-0.1, -0.05) is 0 Å². The third-order valence-corrected chi connectivity index (χ3v) is 2.90. The molecule has 0 bridgehead atoms. The number of nitrogens with one attached hydrogen (secondary N) is 1. The number of aliphatic imine (C=N–C) groups is 1. The fourth-order valence-electron chi connectivity index (χ4n) is 1.73. The van der Waals surface area contributed by atoms with Crippen LogP contribution in [0, 0.1) is 0 Å². The molecule has 1 heterocycles. The molecule has 2 rings (SSSR count). The number of hydrogen-bond acceptors (Lipinski definition) is 3. The molecule has 0 spiro atoms. The normalized spacial score (nSPS) is 11.7. The first-order valence-electron chi connectivity index (χ1n) is 5.74. The van der Waals surface area contributed by atoms with Crippen LogP contribution < -0.4 is 16.2 Å². The van der Waals surface area contributed by atoms with E-state index in [2.05, 4.69) is 9.71 Å². The SMILES string of the molecule is NC(N)=NC(=O)c1cc(NS(=O)[O-])cc(-n2cccc2)c1. The van der Waals surface area contributed by atoms with Crippen LogP contribution in [0.15, 0.2) is 47.7 Å². The Morgan fingerprint density at radius 1 is 1.24 bits per heavy atom. The Bertz CT molecular complexity index is 708. The van der Waals surface area contributed by atoms with Gasteiger partial charge in [-0.3, -0.25) is 9.00 Å². The Labute approximate surface area is 122 Å². The summed E-state index contributed by atoms with van der Waals surface area (Å²) in [6, 6.07) is 8.06. The quantitative estimate of drug-likeness (QED) is 0.417. The van der Waals surface area contributed by atoms with Gasteiger partial charge in [0.05, 0.1) is 0 Å². The second-order valence-corrected chi connectivity index (χ2v) is 4.71. The third kappa shape index (κ3) is 3.91. The van der Waals surface area contributed by atoms with E-state index in [9.17, 15) is 13.6 Å². The number of rotatable bonds is 4. The maximum Gasteiger partial charge on any atom is 0.280 e. The lowest BCUT2D eigenvalue weighted by Crippen LogP contribution is -2.24. The molecule has 1 amide bonds. The van der Waals surface area contributed by atoms with E-state index in [1.54, 1.807) is 41.2 Å². The van der Waals surface area contributed by atoms with Crippen molar-refractivity contribution in [1.29, 1.82) is 0 Å². The van der Waals surface area contributed by atoms with Crippen LogP contribution in [0.5, 0.6) is 0 Å². The van der Waals surface area contributed by atoms with Gasteiger partial charge in [0.2, 0.25) is 0 Å². The highest BCUT2D eigenvalue weighted by Gasteiger charge is 2.09. The minimum atomic E-state index is -2.51. The second-order valence-electron chi connectivity index (χ2n) is 4.04. The summed E-state index contributed by atoms with van der Waals surface area (Å²) in [5.74, 6) is -1.03. The van der Waals surface area contributed by atoms with Gasteiger partial charge in [0.15, 0.2) is 5.96 Å². The van der Waals surface area contributed by atoms with Crippen molar-refractivity contribution in [2.75, 3.05) is 4.72 Å². The Balaban J connectivity index is 2.49. The number of aromatic nitrogens is 1. The highest BCUT2D eigenvalue weighted by Crippen LogP contribution is 2.19. The molecule has 0 radical (unpaired) electrons. The summed E-state index contributed by atoms with van der Waals surface area (Å²) in [5.41, 5.74) is 11.3. The van der Waals surface area contributed by atoms with Crippen LogP contribution in [0.25, 0.3) is 5.69 Å². The fourth-order valence-corrected chi connectivity index (χ4v) is 2.04. The van der Waals surface area contributed by atoms with E-state index in [1.807, 2.05) is 0 Å². The topological polar surface area (TPSA) is 139 Å². The smallest absolute Gasteiger partial charge is 0.280 e. The summed E-state index contributed by atoms with van der Waals surface area (Å²) in [5, 5.41) is 0. The van der Waals surface area contributed by atoms with Crippen LogP contribution in [0.2, 0.25) is 0 Å². The zero-order valence-corrected chi connectivity index (χ0v) is 11.5. The highest BCUT2D eigenvalue weighted by molar-refractivity contribution is 7.80. The number of nitrogens with zero attached hydrogens (tertiary/aromatic N) is 2. The summed E-state index contributed by atoms with van der Waals surface area (Å²) in [7, 11) is 0. The third-order valence-electron chi connectivity index (χ3n) is 2.50. The molecule has 0 aliphatic carbocycles. The summed E-state index contributed by atoms with van der Waals surface area (Å²) < 4.78 is 25.4. The number of hydrogen-bond donors (Lipinski definition) is 3. The molecule has 1 atom stereocenters. The van der Waals surface area contributed by atoms with E-state index in [0.29, 0.717) is 5.69 Å². The zero-order valence-electron chi connectivity index (χ0n) is 10.7. The molecule has 0 aliphatic rings. The molecule has 1 unspecified atom stereocenters. The largest absolute Gasteiger partial charge is 0.755 e. The monoisotopic (exact) mass is 306 g/mol. The molecule has 0 aliphatic heterocycles. The number of amides is 1. The summed E-state index contributed by atoms with van der Waals surface area (Å²) in [6.07, 6.45) is 3.50. The Morgan fingerprint density at radius 3 is 2.48 bits per heavy atom. The molecule has 8 nitrogen and oxygen atoms in total. The lowest BCUT2D eigenvalue weighted by Gasteiger charge is -2.12. The second kappa shape index (κ2) is 6.20. The fraction of sp³-hybridized carbons (Fsp3) is 0. The molecule has 110 valence electrons. The van der Waals surface area contributed by atoms with Gasteiger partial charge >= 0.3 is 0 Å². The van der Waals surface area contributed by atoms with Gasteiger partial charge in [-0.05, 0) is 30.3 Å². The first-order valence-corrected chi connectivity index (χ1v) is 6.81. The molecule has 5 N–H and O–H groups in total. The average molecular weight is 306 g/mol. The van der Waals surface area contributed by atoms with Gasteiger partial charge in [-0.15, -0.1) is 0 Å². The molecule has 9 heteroatoms. The number of nitrogens with two attached hydrogens (primary N) is 2. The number of carbonyl (C=O) groups excluding carboxylic acids is 1. The van der Waals surface area contributed by atoms with Crippen molar-refractivity contribution in [2.45, 2.75) is 0 Å². The van der Waals surface area contributed by atoms with Gasteiger partial charge in [0.25, 0.3) is 5.91 Å². The van der Waals surface area contributed by atoms with Crippen molar-refractivity contribution < 1.29 is 13.6 Å². The van der Waals surface area contributed by atoms with Crippen molar-refractivity contribution in [3.05, 3.63) is 48.3 Å². The van der Waals surface area contributed by atoms with Gasteiger partial charge in [0.1, 0.15) is 0 Å². The van der Waals surface area contributed by atoms with E-state index in [-0.39, 0.29) is 17.2 Å². The first-order chi connectivity index (χ1) is 9.95. The van der Waals surface area contributed by atoms with Gasteiger partial charge in [-0.2, -0.15) is 4.99 Å². The first kappa shape index (κ1) is 14.8. The zero-order chi connectivity index (χ0) is 15.4. The lowest BCUT2D eigenvalue weighted by atomic mass is 10.1. The van der Waals surface area contributed by atoms with Gasteiger partial charge in [-0.25, -0.2) is 0 Å². The van der Waals surface area contributed by atoms with Crippen molar-refractivity contribution >= 4 is 28.8 Å². The summed E-state index contributed by atoms with van der Waals surface area (Å²) in [4.78, 5) is 15.3. The van der Waals surface area contributed by atoms with E-state index in [1.165, 1.54) is 6.07 Å². The maximum absolute atomic E-state index is 11.9. The Kier molecular flexibility index (Phi) is 4.36. The molecular weight excluding hydrogens is 294 g/mol. The predicted molar refractivity (Wildman–Crippen MR) is 78.5 cm³/mol. The molecular formula is C12H12N5O3S-. The number of benzene rings is 1. The van der Waals surface area contributed by atoms with Crippen molar-refractivity contribution in [3.63, 3.8) is 0 Å². The summed E-state index contributed by atoms with van der Waals surface area (Å²) >= 11 is -2.51. The van der Waals surface area contributed by atoms with Crippen molar-refractivity contribution in [3.8, 4) is 5.69 Å². The number of anilines is 1. The van der Waals surface area contributed by atoms with Crippen LogP contribution >= 0.6 is 0 Å². The molecule has 1 aromatic heterocycles. The van der Waals surface area contributed by atoms with Crippen molar-refractivity contribution in [1.82, 2.24) is 4.57 Å². The highest BCUT2D eigenvalue weighted by atomic mass is 32.2. The van der Waals surface area contributed by atoms with Crippen molar-refractivity contribution in [2.24, 2.45) is 16.5 Å². The minimum absolute atomic E-state index is 0.155. The van der Waals surface area contributed by atoms with E-state index in [0.717, 1.165) is 0 Å². The van der Waals surface area contributed by atoms with E-state index < -0.39 is 17.2 Å². The number of guanidine groups is 1. The molecule has 0 saturated heterocycles. The summed E-state index contributed by atoms with van der Waals surface area (Å²) in [6.45, 7) is 0. The minimum Gasteiger partial charge on any atom is -0.755 e. The van der Waals surface area contributed by atoms with Crippen LogP contribution in [0.4, 0.5) is 5.69 Å². The van der Waals surface area contributed by atoms with Crippen LogP contribution in [-0.2, 0) is 11.3 Å². The van der Waals surface area contributed by atoms with E-state index in [4.69, 9.17) is 11.5 Å².